The van der Waals surface area contributed by atoms with Gasteiger partial charge >= 0.3 is 0 Å². The van der Waals surface area contributed by atoms with Gasteiger partial charge in [-0.05, 0) is 51.7 Å². The molecule has 0 aromatic carbocycles. The summed E-state index contributed by atoms with van der Waals surface area (Å²) in [7, 11) is 0. The van der Waals surface area contributed by atoms with Crippen LogP contribution < -0.4 is 22.1 Å². The highest BCUT2D eigenvalue weighted by atomic mass is 16.2. The lowest BCUT2D eigenvalue weighted by Crippen LogP contribution is -2.30. The van der Waals surface area contributed by atoms with Crippen molar-refractivity contribution in [3.63, 3.8) is 0 Å². The summed E-state index contributed by atoms with van der Waals surface area (Å²) in [6, 6.07) is 0. The summed E-state index contributed by atoms with van der Waals surface area (Å²) < 4.78 is 0. The topological polar surface area (TPSA) is 113 Å². The fraction of sp³-hybridized carbons (Fsp3) is 0.882. The highest BCUT2D eigenvalue weighted by Crippen LogP contribution is 2.04. The maximum absolute atomic E-state index is 11.5. The summed E-state index contributed by atoms with van der Waals surface area (Å²) in [6.07, 6.45) is 6.10. The Bertz CT molecular complexity index is 298. The molecule has 0 saturated carbocycles. The summed E-state index contributed by atoms with van der Waals surface area (Å²) >= 11 is 0. The Morgan fingerprint density at radius 1 is 0.792 bits per heavy atom. The van der Waals surface area contributed by atoms with Crippen LogP contribution in [-0.4, -0.2) is 62.5 Å². The number of nitrogens with two attached hydrogens (primary N) is 2. The molecule has 0 unspecified atom stereocenters. The zero-order valence-electron chi connectivity index (χ0n) is 15.3. The first kappa shape index (κ1) is 22.8. The predicted octanol–water partition coefficient (Wildman–Crippen LogP) is 0.189. The second kappa shape index (κ2) is 16.7. The van der Waals surface area contributed by atoms with Crippen molar-refractivity contribution in [3.8, 4) is 0 Å². The molecule has 0 aromatic rings. The third-order valence-corrected chi connectivity index (χ3v) is 3.73. The van der Waals surface area contributed by atoms with Gasteiger partial charge in [-0.2, -0.15) is 0 Å². The Morgan fingerprint density at radius 2 is 1.25 bits per heavy atom. The van der Waals surface area contributed by atoms with Crippen LogP contribution in [0.5, 0.6) is 0 Å². The Hall–Kier alpha value is -1.18. The van der Waals surface area contributed by atoms with Crippen LogP contribution in [0.15, 0.2) is 0 Å². The SMILES string of the molecule is CCCN(CCCCC(=O)NCCN)CCCCC(=O)NCCN. The van der Waals surface area contributed by atoms with Crippen LogP contribution in [0.4, 0.5) is 0 Å². The molecule has 0 aliphatic heterocycles. The molecule has 0 aromatic heterocycles. The van der Waals surface area contributed by atoms with E-state index >= 15 is 0 Å². The second-order valence-corrected chi connectivity index (χ2v) is 6.03. The average Bonchev–Trinajstić information content (AvgIpc) is 2.58. The number of unbranched alkanes of at least 4 members (excludes halogenated alkanes) is 2. The van der Waals surface area contributed by atoms with Crippen LogP contribution in [0.2, 0.25) is 0 Å². The van der Waals surface area contributed by atoms with E-state index in [4.69, 9.17) is 11.5 Å². The number of amides is 2. The minimum Gasteiger partial charge on any atom is -0.355 e. The highest BCUT2D eigenvalue weighted by molar-refractivity contribution is 5.76. The summed E-state index contributed by atoms with van der Waals surface area (Å²) in [5.74, 6) is 0.178. The Labute approximate surface area is 146 Å². The quantitative estimate of drug-likeness (QED) is 0.299. The summed E-state index contributed by atoms with van der Waals surface area (Å²) in [6.45, 7) is 7.35. The number of rotatable bonds is 16. The number of nitrogens with zero attached hydrogens (tertiary/aromatic N) is 1. The third kappa shape index (κ3) is 14.4. The molecule has 0 rings (SSSR count). The van der Waals surface area contributed by atoms with E-state index in [1.807, 2.05) is 0 Å². The second-order valence-electron chi connectivity index (χ2n) is 6.03. The van der Waals surface area contributed by atoms with Gasteiger partial charge in [0, 0.05) is 39.0 Å². The Kier molecular flexibility index (Phi) is 15.9. The van der Waals surface area contributed by atoms with E-state index < -0.39 is 0 Å². The lowest BCUT2D eigenvalue weighted by molar-refractivity contribution is -0.121. The van der Waals surface area contributed by atoms with Crippen molar-refractivity contribution >= 4 is 11.8 Å². The first-order valence-corrected chi connectivity index (χ1v) is 9.29. The van der Waals surface area contributed by atoms with Gasteiger partial charge < -0.3 is 27.0 Å². The van der Waals surface area contributed by atoms with E-state index in [1.54, 1.807) is 0 Å². The lowest BCUT2D eigenvalue weighted by Gasteiger charge is -2.21. The molecule has 7 heteroatoms. The lowest BCUT2D eigenvalue weighted by atomic mass is 10.2. The number of carbonyl (C=O) groups is 2. The van der Waals surface area contributed by atoms with E-state index in [1.165, 1.54) is 0 Å². The molecular weight excluding hydrogens is 306 g/mol. The molecule has 0 spiro atoms. The number of hydrogen-bond donors (Lipinski definition) is 4. The van der Waals surface area contributed by atoms with Gasteiger partial charge in [-0.15, -0.1) is 0 Å². The predicted molar refractivity (Wildman–Crippen MR) is 98.6 cm³/mol. The van der Waals surface area contributed by atoms with E-state index in [9.17, 15) is 9.59 Å². The molecule has 7 nitrogen and oxygen atoms in total. The van der Waals surface area contributed by atoms with Gasteiger partial charge in [-0.1, -0.05) is 6.92 Å². The van der Waals surface area contributed by atoms with E-state index in [-0.39, 0.29) is 11.8 Å². The molecule has 142 valence electrons. The standard InChI is InChI=1S/C17H37N5O2/c1-2-13-22(14-5-3-7-16(23)20-11-9-18)15-6-4-8-17(24)21-12-10-19/h2-15,18-19H2,1H3,(H,20,23)(H,21,24). The van der Waals surface area contributed by atoms with Gasteiger partial charge in [-0.3, -0.25) is 9.59 Å². The summed E-state index contributed by atoms with van der Waals surface area (Å²) in [5.41, 5.74) is 10.7. The van der Waals surface area contributed by atoms with Gasteiger partial charge in [0.05, 0.1) is 0 Å². The minimum absolute atomic E-state index is 0.0889. The molecule has 24 heavy (non-hydrogen) atoms. The van der Waals surface area contributed by atoms with Crippen molar-refractivity contribution in [2.24, 2.45) is 11.5 Å². The van der Waals surface area contributed by atoms with E-state index in [2.05, 4.69) is 22.5 Å². The molecule has 0 radical (unpaired) electrons. The van der Waals surface area contributed by atoms with E-state index in [0.717, 1.165) is 51.7 Å². The van der Waals surface area contributed by atoms with Crippen molar-refractivity contribution in [1.29, 1.82) is 0 Å². The van der Waals surface area contributed by atoms with Crippen LogP contribution >= 0.6 is 0 Å². The monoisotopic (exact) mass is 343 g/mol. The van der Waals surface area contributed by atoms with Gasteiger partial charge in [0.15, 0.2) is 0 Å². The normalized spacial score (nSPS) is 10.8. The molecule has 0 aliphatic carbocycles. The molecular formula is C17H37N5O2. The summed E-state index contributed by atoms with van der Waals surface area (Å²) in [5, 5.41) is 5.58. The number of carbonyl (C=O) groups excluding carboxylic acids is 2. The fourth-order valence-electron chi connectivity index (χ4n) is 2.49. The maximum atomic E-state index is 11.5. The van der Waals surface area contributed by atoms with Gasteiger partial charge in [0.2, 0.25) is 11.8 Å². The fourth-order valence-corrected chi connectivity index (χ4v) is 2.49. The van der Waals surface area contributed by atoms with E-state index in [0.29, 0.717) is 39.0 Å². The summed E-state index contributed by atoms with van der Waals surface area (Å²) in [4.78, 5) is 25.4. The molecule has 6 N–H and O–H groups in total. The van der Waals surface area contributed by atoms with Crippen LogP contribution in [0.3, 0.4) is 0 Å². The average molecular weight is 344 g/mol. The molecule has 0 aliphatic rings. The van der Waals surface area contributed by atoms with Crippen LogP contribution in [0.25, 0.3) is 0 Å². The highest BCUT2D eigenvalue weighted by Gasteiger charge is 2.06. The molecule has 0 bridgehead atoms. The third-order valence-electron chi connectivity index (χ3n) is 3.73. The first-order valence-electron chi connectivity index (χ1n) is 9.29. The van der Waals surface area contributed by atoms with Gasteiger partial charge in [-0.25, -0.2) is 0 Å². The van der Waals surface area contributed by atoms with Crippen LogP contribution in [0.1, 0.15) is 51.9 Å². The van der Waals surface area contributed by atoms with Crippen molar-refractivity contribution in [1.82, 2.24) is 15.5 Å². The van der Waals surface area contributed by atoms with Crippen LogP contribution in [0, 0.1) is 0 Å². The Morgan fingerprint density at radius 3 is 1.62 bits per heavy atom. The minimum atomic E-state index is 0.0889. The van der Waals surface area contributed by atoms with Gasteiger partial charge in [0.1, 0.15) is 0 Å². The zero-order chi connectivity index (χ0) is 18.0. The first-order chi connectivity index (χ1) is 11.6. The van der Waals surface area contributed by atoms with Gasteiger partial charge in [0.25, 0.3) is 0 Å². The molecule has 0 fully saturated rings. The zero-order valence-corrected chi connectivity index (χ0v) is 15.3. The molecule has 0 atom stereocenters. The van der Waals surface area contributed by atoms with Crippen LogP contribution in [-0.2, 0) is 9.59 Å². The van der Waals surface area contributed by atoms with Crippen molar-refractivity contribution < 1.29 is 9.59 Å². The van der Waals surface area contributed by atoms with Crippen molar-refractivity contribution in [2.75, 3.05) is 45.8 Å². The largest absolute Gasteiger partial charge is 0.355 e. The number of hydrogen-bond acceptors (Lipinski definition) is 5. The Balaban J connectivity index is 3.73. The molecule has 0 saturated heterocycles. The smallest absolute Gasteiger partial charge is 0.220 e. The maximum Gasteiger partial charge on any atom is 0.220 e. The number of nitrogens with one attached hydrogen (secondary N) is 2. The molecule has 0 heterocycles. The molecule has 2 amide bonds. The van der Waals surface area contributed by atoms with Crippen molar-refractivity contribution in [2.45, 2.75) is 51.9 Å². The van der Waals surface area contributed by atoms with Crippen molar-refractivity contribution in [3.05, 3.63) is 0 Å².